The molecule has 0 amide bonds. The molecule has 6 nitrogen and oxygen atoms in total. The van der Waals surface area contributed by atoms with E-state index in [9.17, 15) is 8.42 Å². The number of benzene rings is 1. The summed E-state index contributed by atoms with van der Waals surface area (Å²) in [6.07, 6.45) is 2.97. The molecule has 22 heavy (non-hydrogen) atoms. The summed E-state index contributed by atoms with van der Waals surface area (Å²) < 4.78 is 34.4. The van der Waals surface area contributed by atoms with E-state index in [1.165, 1.54) is 10.5 Å². The summed E-state index contributed by atoms with van der Waals surface area (Å²) in [4.78, 5) is 0.203. The van der Waals surface area contributed by atoms with Crippen LogP contribution in [0.2, 0.25) is 0 Å². The third-order valence-electron chi connectivity index (χ3n) is 3.63. The maximum Gasteiger partial charge on any atom is 0.267 e. The number of sulfonamides is 1. The molecule has 0 bridgehead atoms. The highest BCUT2D eigenvalue weighted by Crippen LogP contribution is 2.35. The zero-order valence-electron chi connectivity index (χ0n) is 12.9. The van der Waals surface area contributed by atoms with E-state index in [2.05, 4.69) is 5.10 Å². The van der Waals surface area contributed by atoms with Crippen LogP contribution in [-0.2, 0) is 10.0 Å². The minimum absolute atomic E-state index is 0.114. The molecule has 118 valence electrons. The number of hydrogen-bond acceptors (Lipinski definition) is 4. The summed E-state index contributed by atoms with van der Waals surface area (Å²) in [5.41, 5.74) is 1.61. The largest absolute Gasteiger partial charge is 0.489 e. The van der Waals surface area contributed by atoms with Gasteiger partial charge in [-0.3, -0.25) is 8.99 Å². The van der Waals surface area contributed by atoms with Gasteiger partial charge in [-0.2, -0.15) is 5.10 Å². The number of hydrogen-bond donors (Lipinski definition) is 0. The Morgan fingerprint density at radius 2 is 2.09 bits per heavy atom. The normalized spacial score (nSPS) is 14.8. The van der Waals surface area contributed by atoms with Crippen molar-refractivity contribution in [1.29, 1.82) is 0 Å². The molecule has 0 N–H and O–H groups in total. The molecular weight excluding hydrogens is 302 g/mol. The zero-order valence-corrected chi connectivity index (χ0v) is 13.7. The topological polar surface area (TPSA) is 64.4 Å². The van der Waals surface area contributed by atoms with Gasteiger partial charge in [-0.1, -0.05) is 6.07 Å². The lowest BCUT2D eigenvalue weighted by atomic mass is 10.2. The van der Waals surface area contributed by atoms with Gasteiger partial charge < -0.3 is 4.74 Å². The number of ether oxygens (including phenoxy) is 1. The lowest BCUT2D eigenvalue weighted by molar-refractivity contribution is 0.315. The van der Waals surface area contributed by atoms with Crippen molar-refractivity contribution in [2.75, 3.05) is 17.5 Å². The summed E-state index contributed by atoms with van der Waals surface area (Å²) in [6, 6.07) is 5.64. The second-order valence-electron chi connectivity index (χ2n) is 5.65. The maximum absolute atomic E-state index is 12.9. The Bertz CT molecular complexity index is 796. The predicted octanol–water partition coefficient (Wildman–Crippen LogP) is 2.36. The first-order chi connectivity index (χ1) is 10.4. The van der Waals surface area contributed by atoms with Gasteiger partial charge in [-0.15, -0.1) is 0 Å². The molecule has 0 saturated carbocycles. The fraction of sp³-hybridized carbons (Fsp3) is 0.400. The van der Waals surface area contributed by atoms with Crippen molar-refractivity contribution in [2.45, 2.75) is 31.7 Å². The van der Waals surface area contributed by atoms with Crippen LogP contribution in [0.3, 0.4) is 0 Å². The quantitative estimate of drug-likeness (QED) is 0.870. The van der Waals surface area contributed by atoms with Gasteiger partial charge >= 0.3 is 0 Å². The lowest BCUT2D eigenvalue weighted by Crippen LogP contribution is -2.37. The second kappa shape index (κ2) is 5.31. The van der Waals surface area contributed by atoms with Crippen LogP contribution in [0, 0.1) is 6.92 Å². The number of anilines is 1. The molecule has 0 spiro atoms. The maximum atomic E-state index is 12.9. The number of fused-ring (bicyclic) bond motifs is 1. The Morgan fingerprint density at radius 3 is 2.77 bits per heavy atom. The van der Waals surface area contributed by atoms with Gasteiger partial charge in [0.25, 0.3) is 10.0 Å². The fourth-order valence-corrected chi connectivity index (χ4v) is 3.82. The molecule has 0 atom stereocenters. The average molecular weight is 321 g/mol. The van der Waals surface area contributed by atoms with Gasteiger partial charge in [0.05, 0.1) is 18.4 Å². The first kappa shape index (κ1) is 14.9. The van der Waals surface area contributed by atoms with Crippen LogP contribution in [0.5, 0.6) is 5.75 Å². The van der Waals surface area contributed by atoms with E-state index in [0.717, 1.165) is 5.56 Å². The zero-order chi connectivity index (χ0) is 15.9. The van der Waals surface area contributed by atoms with Crippen molar-refractivity contribution in [3.8, 4) is 5.75 Å². The van der Waals surface area contributed by atoms with Crippen LogP contribution in [0.4, 0.5) is 5.69 Å². The smallest absolute Gasteiger partial charge is 0.267 e. The van der Waals surface area contributed by atoms with Crippen molar-refractivity contribution in [3.05, 3.63) is 36.2 Å². The molecule has 2 heterocycles. The summed E-state index contributed by atoms with van der Waals surface area (Å²) in [5, 5.41) is 4.13. The van der Waals surface area contributed by atoms with Crippen LogP contribution in [-0.4, -0.2) is 31.3 Å². The highest BCUT2D eigenvalue weighted by Gasteiger charge is 2.31. The van der Waals surface area contributed by atoms with E-state index in [-0.39, 0.29) is 10.9 Å². The van der Waals surface area contributed by atoms with Gasteiger partial charge in [0, 0.05) is 12.2 Å². The molecule has 7 heteroatoms. The first-order valence-electron chi connectivity index (χ1n) is 7.20. The fourth-order valence-electron chi connectivity index (χ4n) is 2.42. The highest BCUT2D eigenvalue weighted by molar-refractivity contribution is 7.92. The minimum atomic E-state index is -3.63. The summed E-state index contributed by atoms with van der Waals surface area (Å²) in [6.45, 7) is 6.50. The molecule has 1 aromatic carbocycles. The van der Waals surface area contributed by atoms with Gasteiger partial charge in [0.15, 0.2) is 0 Å². The summed E-state index contributed by atoms with van der Waals surface area (Å²) >= 11 is 0. The Hall–Kier alpha value is -2.02. The molecule has 2 aromatic rings. The molecule has 0 saturated heterocycles. The van der Waals surface area contributed by atoms with E-state index in [0.29, 0.717) is 24.6 Å². The van der Waals surface area contributed by atoms with Crippen molar-refractivity contribution in [2.24, 2.45) is 0 Å². The Labute approximate surface area is 130 Å². The molecule has 1 aliphatic rings. The molecule has 3 rings (SSSR count). The van der Waals surface area contributed by atoms with E-state index in [1.54, 1.807) is 16.9 Å². The highest BCUT2D eigenvalue weighted by atomic mass is 32.2. The molecule has 1 aliphatic heterocycles. The second-order valence-corrected chi connectivity index (χ2v) is 7.51. The van der Waals surface area contributed by atoms with Crippen LogP contribution in [0.1, 0.15) is 25.5 Å². The van der Waals surface area contributed by atoms with Gasteiger partial charge in [0.2, 0.25) is 0 Å². The van der Waals surface area contributed by atoms with Crippen LogP contribution in [0.25, 0.3) is 0 Å². The minimum Gasteiger partial charge on any atom is -0.489 e. The van der Waals surface area contributed by atoms with E-state index in [1.807, 2.05) is 32.9 Å². The van der Waals surface area contributed by atoms with Crippen LogP contribution >= 0.6 is 0 Å². The molecule has 0 fully saturated rings. The van der Waals surface area contributed by atoms with Crippen molar-refractivity contribution in [3.63, 3.8) is 0 Å². The van der Waals surface area contributed by atoms with Gasteiger partial charge in [0.1, 0.15) is 17.3 Å². The van der Waals surface area contributed by atoms with Gasteiger partial charge in [-0.05, 0) is 38.5 Å². The van der Waals surface area contributed by atoms with E-state index < -0.39 is 10.0 Å². The Balaban J connectivity index is 2.03. The summed E-state index contributed by atoms with van der Waals surface area (Å²) in [5.74, 6) is 0.603. The standard InChI is InChI=1S/C15H19N3O3S/c1-11(2)17-10-13(9-16-17)22(19,20)18-6-7-21-15-8-12(3)4-5-14(15)18/h4-5,8-11H,6-7H2,1-3H3. The van der Waals surface area contributed by atoms with Crippen molar-refractivity contribution >= 4 is 15.7 Å². The van der Waals surface area contributed by atoms with Crippen LogP contribution < -0.4 is 9.04 Å². The third-order valence-corrected chi connectivity index (χ3v) is 5.40. The van der Waals surface area contributed by atoms with Crippen LogP contribution in [0.15, 0.2) is 35.5 Å². The van der Waals surface area contributed by atoms with Crippen molar-refractivity contribution in [1.82, 2.24) is 9.78 Å². The molecule has 0 aliphatic carbocycles. The molecule has 1 aromatic heterocycles. The average Bonchev–Trinajstić information content (AvgIpc) is 2.97. The number of nitrogens with zero attached hydrogens (tertiary/aromatic N) is 3. The number of rotatable bonds is 3. The molecular formula is C15H19N3O3S. The number of aromatic nitrogens is 2. The molecule has 0 radical (unpaired) electrons. The monoisotopic (exact) mass is 321 g/mol. The first-order valence-corrected chi connectivity index (χ1v) is 8.64. The SMILES string of the molecule is Cc1ccc2c(c1)OCCN2S(=O)(=O)c1cnn(C(C)C)c1. The van der Waals surface area contributed by atoms with Gasteiger partial charge in [-0.25, -0.2) is 8.42 Å². The Morgan fingerprint density at radius 1 is 1.32 bits per heavy atom. The predicted molar refractivity (Wildman–Crippen MR) is 83.8 cm³/mol. The Kier molecular flexibility index (Phi) is 3.60. The lowest BCUT2D eigenvalue weighted by Gasteiger charge is -2.30. The number of aryl methyl sites for hydroxylation is 1. The summed E-state index contributed by atoms with van der Waals surface area (Å²) in [7, 11) is -3.63. The van der Waals surface area contributed by atoms with Crippen molar-refractivity contribution < 1.29 is 13.2 Å². The molecule has 0 unspecified atom stereocenters. The van der Waals surface area contributed by atoms with E-state index in [4.69, 9.17) is 4.74 Å². The van der Waals surface area contributed by atoms with E-state index >= 15 is 0 Å². The third kappa shape index (κ3) is 2.45.